The first-order chi connectivity index (χ1) is 16.2. The van der Waals surface area contributed by atoms with Crippen LogP contribution in [-0.2, 0) is 14.3 Å². The Hall–Kier alpha value is -3.49. The van der Waals surface area contributed by atoms with Gasteiger partial charge in [-0.1, -0.05) is 62.4 Å². The summed E-state index contributed by atoms with van der Waals surface area (Å²) < 4.78 is 31.6. The summed E-state index contributed by atoms with van der Waals surface area (Å²) in [7, 11) is 0. The van der Waals surface area contributed by atoms with E-state index in [0.717, 1.165) is 22.3 Å². The Kier molecular flexibility index (Phi) is 7.86. The number of carbonyl (C=O) groups is 3. The second kappa shape index (κ2) is 10.6. The van der Waals surface area contributed by atoms with Crippen LogP contribution < -0.4 is 10.6 Å². The lowest BCUT2D eigenvalue weighted by atomic mass is 9.92. The van der Waals surface area contributed by atoms with Gasteiger partial charge < -0.3 is 20.5 Å². The van der Waals surface area contributed by atoms with Crippen LogP contribution in [0.15, 0.2) is 48.5 Å². The molecule has 0 heterocycles. The van der Waals surface area contributed by atoms with Gasteiger partial charge in [-0.05, 0) is 35.1 Å². The van der Waals surface area contributed by atoms with E-state index in [-0.39, 0.29) is 25.4 Å². The van der Waals surface area contributed by atoms with Gasteiger partial charge in [-0.15, -0.1) is 0 Å². The Labute approximate surface area is 196 Å². The average molecular weight is 475 g/mol. The maximum absolute atomic E-state index is 13.1. The normalized spacial score (nSPS) is 13.7. The fraction of sp³-hybridized carbons (Fsp3) is 0.400. The molecule has 0 aliphatic heterocycles. The van der Waals surface area contributed by atoms with Crippen LogP contribution >= 0.6 is 0 Å². The van der Waals surface area contributed by atoms with Gasteiger partial charge >= 0.3 is 12.1 Å². The van der Waals surface area contributed by atoms with Gasteiger partial charge in [0.25, 0.3) is 0 Å². The number of ether oxygens (including phenoxy) is 1. The molecule has 2 aromatic carbocycles. The number of nitrogens with one attached hydrogen (secondary N) is 2. The molecule has 0 spiro atoms. The first kappa shape index (κ1) is 25.1. The number of carboxylic acid groups (broad SMARTS) is 1. The maximum atomic E-state index is 13.1. The molecule has 0 aromatic heterocycles. The van der Waals surface area contributed by atoms with E-state index in [2.05, 4.69) is 10.6 Å². The molecule has 2 aromatic rings. The van der Waals surface area contributed by atoms with E-state index in [0.29, 0.717) is 0 Å². The minimum Gasteiger partial charge on any atom is -0.480 e. The Morgan fingerprint density at radius 3 is 2.00 bits per heavy atom. The number of carbonyl (C=O) groups excluding carboxylic acids is 2. The zero-order valence-electron chi connectivity index (χ0n) is 19.0. The summed E-state index contributed by atoms with van der Waals surface area (Å²) in [6.07, 6.45) is -4.80. The molecule has 1 aliphatic rings. The maximum Gasteiger partial charge on any atom is 0.407 e. The molecular weight excluding hydrogens is 446 g/mol. The fourth-order valence-corrected chi connectivity index (χ4v) is 4.30. The quantitative estimate of drug-likeness (QED) is 0.476. The first-order valence-corrected chi connectivity index (χ1v) is 11.2. The van der Waals surface area contributed by atoms with Crippen molar-refractivity contribution < 1.29 is 33.0 Å². The number of benzene rings is 2. The Bertz CT molecular complexity index is 1010. The van der Waals surface area contributed by atoms with E-state index in [1.807, 2.05) is 48.5 Å². The smallest absolute Gasteiger partial charge is 0.407 e. The van der Waals surface area contributed by atoms with Crippen LogP contribution in [0.4, 0.5) is 13.6 Å². The molecule has 34 heavy (non-hydrogen) atoms. The van der Waals surface area contributed by atoms with Gasteiger partial charge in [0.1, 0.15) is 18.2 Å². The number of aliphatic carboxylic acids is 1. The molecule has 1 aliphatic carbocycles. The largest absolute Gasteiger partial charge is 0.480 e. The predicted molar refractivity (Wildman–Crippen MR) is 122 cm³/mol. The number of alkyl halides is 2. The van der Waals surface area contributed by atoms with E-state index in [1.54, 1.807) is 13.8 Å². The molecule has 3 rings (SSSR count). The number of rotatable bonds is 10. The van der Waals surface area contributed by atoms with Crippen LogP contribution in [0.2, 0.25) is 0 Å². The number of hydrogen-bond acceptors (Lipinski definition) is 4. The molecule has 182 valence electrons. The number of fused-ring (bicyclic) bond motifs is 3. The van der Waals surface area contributed by atoms with Crippen LogP contribution in [0.3, 0.4) is 0 Å². The van der Waals surface area contributed by atoms with Gasteiger partial charge in [0.15, 0.2) is 0 Å². The van der Waals surface area contributed by atoms with Gasteiger partial charge in [0.2, 0.25) is 12.3 Å². The highest BCUT2D eigenvalue weighted by atomic mass is 19.3. The van der Waals surface area contributed by atoms with E-state index in [1.165, 1.54) is 0 Å². The number of carboxylic acids is 1. The zero-order chi connectivity index (χ0) is 24.9. The van der Waals surface area contributed by atoms with E-state index in [4.69, 9.17) is 4.74 Å². The minimum absolute atomic E-state index is 0.0497. The lowest BCUT2D eigenvalue weighted by Gasteiger charge is -2.30. The van der Waals surface area contributed by atoms with Crippen molar-refractivity contribution in [2.45, 2.75) is 57.0 Å². The van der Waals surface area contributed by atoms with Gasteiger partial charge in [0.05, 0.1) is 0 Å². The standard InChI is InChI=1S/C25H28F2N2O5/c1-3-25(4-2,23(31)32)29-22(30)20(13-21(26)27)28-24(33)34-14-19-17-11-7-5-9-15(17)16-10-6-8-12-18(16)19/h5-12,19-21H,3-4,13-14H2,1-2H3,(H,28,33)(H,29,30)(H,31,32). The summed E-state index contributed by atoms with van der Waals surface area (Å²) in [6.45, 7) is 3.09. The highest BCUT2D eigenvalue weighted by Crippen LogP contribution is 2.44. The highest BCUT2D eigenvalue weighted by Gasteiger charge is 2.39. The predicted octanol–water partition coefficient (Wildman–Crippen LogP) is 4.31. The third kappa shape index (κ3) is 5.18. The third-order valence-corrected chi connectivity index (χ3v) is 6.35. The number of halogens is 2. The summed E-state index contributed by atoms with van der Waals surface area (Å²) >= 11 is 0. The topological polar surface area (TPSA) is 105 Å². The molecule has 2 amide bonds. The van der Waals surface area contributed by atoms with Gasteiger partial charge in [-0.3, -0.25) is 4.79 Å². The monoisotopic (exact) mass is 474 g/mol. The van der Waals surface area contributed by atoms with Gasteiger partial charge in [-0.2, -0.15) is 0 Å². The van der Waals surface area contributed by atoms with Gasteiger partial charge in [0, 0.05) is 12.3 Å². The van der Waals surface area contributed by atoms with Crippen molar-refractivity contribution in [3.05, 3.63) is 59.7 Å². The van der Waals surface area contributed by atoms with Crippen molar-refractivity contribution in [2.75, 3.05) is 6.61 Å². The van der Waals surface area contributed by atoms with Crippen molar-refractivity contribution in [2.24, 2.45) is 0 Å². The molecule has 0 bridgehead atoms. The van der Waals surface area contributed by atoms with Crippen molar-refractivity contribution >= 4 is 18.0 Å². The molecule has 9 heteroatoms. The number of amides is 2. The fourth-order valence-electron chi connectivity index (χ4n) is 4.30. The van der Waals surface area contributed by atoms with Crippen molar-refractivity contribution in [1.29, 1.82) is 0 Å². The zero-order valence-corrected chi connectivity index (χ0v) is 19.0. The van der Waals surface area contributed by atoms with Crippen LogP contribution in [0.1, 0.15) is 50.2 Å². The SMILES string of the molecule is CCC(CC)(NC(=O)C(CC(F)F)NC(=O)OCC1c2ccccc2-c2ccccc21)C(=O)O. The van der Waals surface area contributed by atoms with Crippen LogP contribution in [0.25, 0.3) is 11.1 Å². The minimum atomic E-state index is -2.90. The molecule has 7 nitrogen and oxygen atoms in total. The molecule has 3 N–H and O–H groups in total. The summed E-state index contributed by atoms with van der Waals surface area (Å²) in [5, 5.41) is 14.0. The number of alkyl carbamates (subject to hydrolysis) is 1. The summed E-state index contributed by atoms with van der Waals surface area (Å²) in [6, 6.07) is 13.8. The highest BCUT2D eigenvalue weighted by molar-refractivity contribution is 5.91. The summed E-state index contributed by atoms with van der Waals surface area (Å²) in [5.74, 6) is -2.51. The van der Waals surface area contributed by atoms with Crippen molar-refractivity contribution in [3.63, 3.8) is 0 Å². The molecule has 0 saturated carbocycles. The van der Waals surface area contributed by atoms with Crippen LogP contribution in [0.5, 0.6) is 0 Å². The molecule has 0 saturated heterocycles. The summed E-state index contributed by atoms with van der Waals surface area (Å²) in [5.41, 5.74) is 2.42. The molecule has 1 unspecified atom stereocenters. The van der Waals surface area contributed by atoms with Crippen molar-refractivity contribution in [3.8, 4) is 11.1 Å². The van der Waals surface area contributed by atoms with E-state index in [9.17, 15) is 28.3 Å². The van der Waals surface area contributed by atoms with Crippen LogP contribution in [-0.4, -0.2) is 47.7 Å². The Morgan fingerprint density at radius 1 is 1.00 bits per heavy atom. The molecule has 0 radical (unpaired) electrons. The second-order valence-corrected chi connectivity index (χ2v) is 8.23. The van der Waals surface area contributed by atoms with Gasteiger partial charge in [-0.25, -0.2) is 18.4 Å². The third-order valence-electron chi connectivity index (χ3n) is 6.35. The second-order valence-electron chi connectivity index (χ2n) is 8.23. The summed E-state index contributed by atoms with van der Waals surface area (Å²) in [4.78, 5) is 36.8. The molecular formula is C25H28F2N2O5. The lowest BCUT2D eigenvalue weighted by Crippen LogP contribution is -2.59. The van der Waals surface area contributed by atoms with Crippen LogP contribution in [0, 0.1) is 0 Å². The van der Waals surface area contributed by atoms with E-state index >= 15 is 0 Å². The van der Waals surface area contributed by atoms with Crippen molar-refractivity contribution in [1.82, 2.24) is 10.6 Å². The Morgan fingerprint density at radius 2 is 1.53 bits per heavy atom. The lowest BCUT2D eigenvalue weighted by molar-refractivity contribution is -0.148. The molecule has 1 atom stereocenters. The molecule has 0 fully saturated rings. The first-order valence-electron chi connectivity index (χ1n) is 11.2. The number of hydrogen-bond donors (Lipinski definition) is 3. The Balaban J connectivity index is 1.70. The van der Waals surface area contributed by atoms with E-state index < -0.39 is 42.4 Å². The average Bonchev–Trinajstić information content (AvgIpc) is 3.14.